The fraction of sp³-hybridized carbons (Fsp3) is 0.222. The van der Waals surface area contributed by atoms with Crippen LogP contribution < -0.4 is 5.32 Å². The number of ether oxygens (including phenoxy) is 1. The summed E-state index contributed by atoms with van der Waals surface area (Å²) in [7, 11) is 0. The van der Waals surface area contributed by atoms with Crippen LogP contribution in [0.3, 0.4) is 0 Å². The Morgan fingerprint density at radius 2 is 1.76 bits per heavy atom. The van der Waals surface area contributed by atoms with E-state index < -0.39 is 11.7 Å². The van der Waals surface area contributed by atoms with Crippen molar-refractivity contribution in [2.24, 2.45) is 0 Å². The average Bonchev–Trinajstić information content (AvgIpc) is 2.64. The number of halogens is 2. The summed E-state index contributed by atoms with van der Waals surface area (Å²) < 4.78 is 18.9. The molecule has 0 atom stereocenters. The Hall–Kier alpha value is -2.44. The zero-order valence-corrected chi connectivity index (χ0v) is 14.1. The quantitative estimate of drug-likeness (QED) is 0.912. The van der Waals surface area contributed by atoms with E-state index in [2.05, 4.69) is 5.32 Å². The molecule has 25 heavy (non-hydrogen) atoms. The summed E-state index contributed by atoms with van der Waals surface area (Å²) in [6.07, 6.45) is 0. The molecule has 7 heteroatoms. The Balaban J connectivity index is 1.69. The molecule has 0 saturated carbocycles. The van der Waals surface area contributed by atoms with Crippen molar-refractivity contribution in [2.45, 2.75) is 0 Å². The molecule has 2 aromatic carbocycles. The SMILES string of the molecule is O=C(Nc1ccc(C(=O)N2CCOCC2)cc1)c1cc(Cl)ccc1F. The van der Waals surface area contributed by atoms with Gasteiger partial charge in [-0.3, -0.25) is 9.59 Å². The first-order valence-electron chi connectivity index (χ1n) is 7.78. The van der Waals surface area contributed by atoms with Gasteiger partial charge in [-0.2, -0.15) is 0 Å². The van der Waals surface area contributed by atoms with E-state index in [1.807, 2.05) is 0 Å². The van der Waals surface area contributed by atoms with E-state index in [4.69, 9.17) is 16.3 Å². The Morgan fingerprint density at radius 3 is 2.44 bits per heavy atom. The highest BCUT2D eigenvalue weighted by atomic mass is 35.5. The van der Waals surface area contributed by atoms with Gasteiger partial charge in [0.2, 0.25) is 0 Å². The third-order valence-corrected chi connectivity index (χ3v) is 4.10. The van der Waals surface area contributed by atoms with Gasteiger partial charge in [0.05, 0.1) is 18.8 Å². The Labute approximate surface area is 149 Å². The van der Waals surface area contributed by atoms with E-state index in [9.17, 15) is 14.0 Å². The van der Waals surface area contributed by atoms with Crippen LogP contribution in [0.5, 0.6) is 0 Å². The minimum atomic E-state index is -0.652. The summed E-state index contributed by atoms with van der Waals surface area (Å²) in [6, 6.07) is 10.2. The number of amides is 2. The zero-order valence-electron chi connectivity index (χ0n) is 13.3. The number of carbonyl (C=O) groups is 2. The van der Waals surface area contributed by atoms with Gasteiger partial charge in [-0.1, -0.05) is 11.6 Å². The van der Waals surface area contributed by atoms with Crippen LogP contribution in [0, 0.1) is 5.82 Å². The van der Waals surface area contributed by atoms with E-state index in [0.717, 1.165) is 6.07 Å². The monoisotopic (exact) mass is 362 g/mol. The number of rotatable bonds is 3. The first-order chi connectivity index (χ1) is 12.0. The van der Waals surface area contributed by atoms with Crippen molar-refractivity contribution in [1.29, 1.82) is 0 Å². The first kappa shape index (κ1) is 17.4. The van der Waals surface area contributed by atoms with Crippen LogP contribution >= 0.6 is 11.6 Å². The maximum absolute atomic E-state index is 13.7. The second kappa shape index (κ2) is 7.63. The standard InChI is InChI=1S/C18H16ClFN2O3/c19-13-3-6-16(20)15(11-13)17(23)21-14-4-1-12(2-5-14)18(24)22-7-9-25-10-8-22/h1-6,11H,7-10H2,(H,21,23). The lowest BCUT2D eigenvalue weighted by Gasteiger charge is -2.26. The number of morpholine rings is 1. The largest absolute Gasteiger partial charge is 0.378 e. The molecule has 0 unspecified atom stereocenters. The highest BCUT2D eigenvalue weighted by Crippen LogP contribution is 2.18. The number of nitrogens with one attached hydrogen (secondary N) is 1. The minimum Gasteiger partial charge on any atom is -0.378 e. The van der Waals surface area contributed by atoms with E-state index in [1.165, 1.54) is 12.1 Å². The van der Waals surface area contributed by atoms with Gasteiger partial charge < -0.3 is 15.0 Å². The van der Waals surface area contributed by atoms with Crippen molar-refractivity contribution < 1.29 is 18.7 Å². The number of carbonyl (C=O) groups excluding carboxylic acids is 2. The molecule has 1 N–H and O–H groups in total. The molecule has 0 spiro atoms. The lowest BCUT2D eigenvalue weighted by Crippen LogP contribution is -2.40. The smallest absolute Gasteiger partial charge is 0.258 e. The van der Waals surface area contributed by atoms with Gasteiger partial charge >= 0.3 is 0 Å². The summed E-state index contributed by atoms with van der Waals surface area (Å²) in [5, 5.41) is 2.87. The van der Waals surface area contributed by atoms with Crippen LogP contribution in [0.1, 0.15) is 20.7 Å². The predicted octanol–water partition coefficient (Wildman–Crippen LogP) is 3.20. The third-order valence-electron chi connectivity index (χ3n) is 3.86. The number of hydrogen-bond donors (Lipinski definition) is 1. The van der Waals surface area contributed by atoms with E-state index in [0.29, 0.717) is 37.6 Å². The van der Waals surface area contributed by atoms with Crippen LogP contribution in [0.4, 0.5) is 10.1 Å². The molecule has 1 saturated heterocycles. The maximum Gasteiger partial charge on any atom is 0.258 e. The lowest BCUT2D eigenvalue weighted by molar-refractivity contribution is 0.0303. The molecule has 2 amide bonds. The summed E-state index contributed by atoms with van der Waals surface area (Å²) in [5.74, 6) is -1.34. The van der Waals surface area contributed by atoms with Crippen LogP contribution in [0.2, 0.25) is 5.02 Å². The van der Waals surface area contributed by atoms with Crippen LogP contribution in [0.15, 0.2) is 42.5 Å². The summed E-state index contributed by atoms with van der Waals surface area (Å²) >= 11 is 5.80. The normalized spacial score (nSPS) is 14.2. The topological polar surface area (TPSA) is 58.6 Å². The maximum atomic E-state index is 13.7. The molecule has 0 aromatic heterocycles. The third kappa shape index (κ3) is 4.15. The Morgan fingerprint density at radius 1 is 1.08 bits per heavy atom. The van der Waals surface area contributed by atoms with Gasteiger partial charge in [0.15, 0.2) is 0 Å². The van der Waals surface area contributed by atoms with E-state index >= 15 is 0 Å². The molecule has 130 valence electrons. The number of hydrogen-bond acceptors (Lipinski definition) is 3. The van der Waals surface area contributed by atoms with Gasteiger partial charge in [0.1, 0.15) is 5.82 Å². The average molecular weight is 363 g/mol. The molecular weight excluding hydrogens is 347 g/mol. The molecule has 1 aliphatic rings. The van der Waals surface area contributed by atoms with Crippen molar-refractivity contribution in [3.8, 4) is 0 Å². The van der Waals surface area contributed by atoms with Crippen molar-refractivity contribution in [3.05, 3.63) is 64.4 Å². The number of nitrogens with zero attached hydrogens (tertiary/aromatic N) is 1. The van der Waals surface area contributed by atoms with Gasteiger partial charge in [-0.25, -0.2) is 4.39 Å². The van der Waals surface area contributed by atoms with Gasteiger partial charge in [-0.05, 0) is 42.5 Å². The van der Waals surface area contributed by atoms with Crippen LogP contribution in [-0.2, 0) is 4.74 Å². The molecule has 3 rings (SSSR count). The van der Waals surface area contributed by atoms with E-state index in [-0.39, 0.29) is 16.5 Å². The van der Waals surface area contributed by atoms with Crippen LogP contribution in [-0.4, -0.2) is 43.0 Å². The van der Waals surface area contributed by atoms with Crippen LogP contribution in [0.25, 0.3) is 0 Å². The highest BCUT2D eigenvalue weighted by molar-refractivity contribution is 6.31. The molecule has 2 aromatic rings. The number of anilines is 1. The second-order valence-electron chi connectivity index (χ2n) is 5.56. The zero-order chi connectivity index (χ0) is 17.8. The van der Waals surface area contributed by atoms with E-state index in [1.54, 1.807) is 29.2 Å². The van der Waals surface area contributed by atoms with Crippen molar-refractivity contribution in [1.82, 2.24) is 4.90 Å². The molecule has 0 aliphatic carbocycles. The molecule has 0 radical (unpaired) electrons. The first-order valence-corrected chi connectivity index (χ1v) is 8.16. The fourth-order valence-electron chi connectivity index (χ4n) is 2.52. The molecule has 1 heterocycles. The van der Waals surface area contributed by atoms with Gasteiger partial charge in [0, 0.05) is 29.4 Å². The van der Waals surface area contributed by atoms with Crippen molar-refractivity contribution in [3.63, 3.8) is 0 Å². The Bertz CT molecular complexity index is 789. The summed E-state index contributed by atoms with van der Waals surface area (Å²) in [4.78, 5) is 26.2. The van der Waals surface area contributed by atoms with Crippen molar-refractivity contribution >= 4 is 29.1 Å². The fourth-order valence-corrected chi connectivity index (χ4v) is 2.69. The lowest BCUT2D eigenvalue weighted by atomic mass is 10.1. The van der Waals surface area contributed by atoms with Gasteiger partial charge in [0.25, 0.3) is 11.8 Å². The highest BCUT2D eigenvalue weighted by Gasteiger charge is 2.18. The molecule has 1 aliphatic heterocycles. The molecule has 1 fully saturated rings. The number of benzene rings is 2. The Kier molecular flexibility index (Phi) is 5.31. The molecule has 0 bridgehead atoms. The predicted molar refractivity (Wildman–Crippen MR) is 92.5 cm³/mol. The second-order valence-corrected chi connectivity index (χ2v) is 6.00. The molecule has 5 nitrogen and oxygen atoms in total. The van der Waals surface area contributed by atoms with Crippen molar-refractivity contribution in [2.75, 3.05) is 31.6 Å². The molecular formula is C18H16ClFN2O3. The van der Waals surface area contributed by atoms with Gasteiger partial charge in [-0.15, -0.1) is 0 Å². The minimum absolute atomic E-state index is 0.0814. The summed E-state index contributed by atoms with van der Waals surface area (Å²) in [5.41, 5.74) is 0.845. The summed E-state index contributed by atoms with van der Waals surface area (Å²) in [6.45, 7) is 2.19.